The lowest BCUT2D eigenvalue weighted by Gasteiger charge is -2.06. The third-order valence-electron chi connectivity index (χ3n) is 5.91. The van der Waals surface area contributed by atoms with E-state index in [1.165, 1.54) is 41.2 Å². The highest BCUT2D eigenvalue weighted by atomic mass is 14.9. The van der Waals surface area contributed by atoms with E-state index >= 15 is 0 Å². The van der Waals surface area contributed by atoms with Crippen LogP contribution >= 0.6 is 0 Å². The average molecular weight is 374 g/mol. The van der Waals surface area contributed by atoms with Crippen molar-refractivity contribution >= 4 is 21.7 Å². The van der Waals surface area contributed by atoms with Crippen molar-refractivity contribution in [1.29, 1.82) is 0 Å². The topological polar surface area (TPSA) is 29.7 Å². The minimum absolute atomic E-state index is 0.799. The van der Waals surface area contributed by atoms with Gasteiger partial charge in [-0.3, -0.25) is 0 Å². The first kappa shape index (κ1) is 16.4. The summed E-state index contributed by atoms with van der Waals surface area (Å²) < 4.78 is 2.15. The zero-order valence-corrected chi connectivity index (χ0v) is 16.0. The third kappa shape index (κ3) is 2.87. The van der Waals surface area contributed by atoms with E-state index in [1.54, 1.807) is 0 Å². The standard InChI is InChI=1S/C26H20N3/c1-2-5-23-17-29(13-12-19(23)4-1)24-11-10-22-16-27-26(28-25(22)15-24)21-9-8-18-6-3-7-20(18)14-21/h1-2,4-5,8-17H,3,6-7H2/q+1. The number of aryl methyl sites for hydroxylation is 2. The fraction of sp³-hybridized carbons (Fsp3) is 0.115. The van der Waals surface area contributed by atoms with E-state index in [1.807, 2.05) is 6.20 Å². The van der Waals surface area contributed by atoms with Crippen LogP contribution in [0.25, 0.3) is 38.8 Å². The SMILES string of the molecule is c1ccc2c[n+](-c3ccc4cnc(-c5ccc6c(c5)CCC6)nc4c3)ccc2c1. The molecule has 2 heterocycles. The van der Waals surface area contributed by atoms with Crippen LogP contribution in [0.1, 0.15) is 17.5 Å². The number of benzene rings is 3. The molecule has 29 heavy (non-hydrogen) atoms. The first-order chi connectivity index (χ1) is 14.3. The lowest BCUT2D eigenvalue weighted by atomic mass is 10.1. The molecule has 0 radical (unpaired) electrons. The van der Waals surface area contributed by atoms with Crippen molar-refractivity contribution in [3.8, 4) is 17.1 Å². The molecule has 0 spiro atoms. The number of pyridine rings is 1. The van der Waals surface area contributed by atoms with Gasteiger partial charge in [0.1, 0.15) is 0 Å². The molecule has 3 nitrogen and oxygen atoms in total. The van der Waals surface area contributed by atoms with Crippen molar-refractivity contribution in [1.82, 2.24) is 9.97 Å². The van der Waals surface area contributed by atoms with Crippen LogP contribution in [0.15, 0.2) is 85.3 Å². The maximum Gasteiger partial charge on any atom is 0.212 e. The Hall–Kier alpha value is -3.59. The molecule has 0 saturated heterocycles. The second-order valence-corrected chi connectivity index (χ2v) is 7.75. The van der Waals surface area contributed by atoms with Gasteiger partial charge in [-0.2, -0.15) is 4.57 Å². The summed E-state index contributed by atoms with van der Waals surface area (Å²) in [6.07, 6.45) is 9.81. The second-order valence-electron chi connectivity index (χ2n) is 7.75. The predicted octanol–water partition coefficient (Wildman–Crippen LogP) is 5.22. The van der Waals surface area contributed by atoms with Gasteiger partial charge in [0, 0.05) is 40.7 Å². The number of nitrogens with zero attached hydrogens (tertiary/aromatic N) is 3. The van der Waals surface area contributed by atoms with Gasteiger partial charge in [-0.15, -0.1) is 0 Å². The molecule has 0 unspecified atom stereocenters. The zero-order chi connectivity index (χ0) is 19.2. The van der Waals surface area contributed by atoms with Gasteiger partial charge in [-0.25, -0.2) is 9.97 Å². The van der Waals surface area contributed by atoms with Crippen LogP contribution in [0.4, 0.5) is 0 Å². The van der Waals surface area contributed by atoms with Crippen LogP contribution < -0.4 is 4.57 Å². The van der Waals surface area contributed by atoms with Crippen LogP contribution in [0, 0.1) is 0 Å². The van der Waals surface area contributed by atoms with E-state index in [0.29, 0.717) is 0 Å². The molecule has 1 aliphatic carbocycles. The quantitative estimate of drug-likeness (QED) is 0.397. The Labute approximate surface area is 169 Å². The molecule has 3 aromatic carbocycles. The molecule has 2 aromatic heterocycles. The molecular weight excluding hydrogens is 354 g/mol. The molecule has 0 N–H and O–H groups in total. The summed E-state index contributed by atoms with van der Waals surface area (Å²) in [5, 5.41) is 3.52. The van der Waals surface area contributed by atoms with Gasteiger partial charge in [0.15, 0.2) is 18.2 Å². The molecule has 0 atom stereocenters. The van der Waals surface area contributed by atoms with E-state index in [-0.39, 0.29) is 0 Å². The van der Waals surface area contributed by atoms with E-state index in [2.05, 4.69) is 88.7 Å². The van der Waals surface area contributed by atoms with Crippen molar-refractivity contribution in [2.24, 2.45) is 0 Å². The van der Waals surface area contributed by atoms with E-state index in [4.69, 9.17) is 4.98 Å². The number of fused-ring (bicyclic) bond motifs is 3. The highest BCUT2D eigenvalue weighted by Gasteiger charge is 2.14. The monoisotopic (exact) mass is 374 g/mol. The Morgan fingerprint density at radius 3 is 2.62 bits per heavy atom. The average Bonchev–Trinajstić information content (AvgIpc) is 3.26. The molecule has 5 aromatic rings. The van der Waals surface area contributed by atoms with Gasteiger partial charge in [-0.05, 0) is 54.0 Å². The van der Waals surface area contributed by atoms with Crippen molar-refractivity contribution in [3.05, 3.63) is 96.4 Å². The van der Waals surface area contributed by atoms with Crippen molar-refractivity contribution in [2.75, 3.05) is 0 Å². The molecule has 1 aliphatic rings. The maximum atomic E-state index is 4.89. The van der Waals surface area contributed by atoms with Gasteiger partial charge in [-0.1, -0.05) is 30.3 Å². The number of rotatable bonds is 2. The lowest BCUT2D eigenvalue weighted by Crippen LogP contribution is -2.29. The van der Waals surface area contributed by atoms with Crippen LogP contribution in [0.2, 0.25) is 0 Å². The normalized spacial score (nSPS) is 13.1. The highest BCUT2D eigenvalue weighted by molar-refractivity contribution is 5.82. The van der Waals surface area contributed by atoms with Gasteiger partial charge in [0.25, 0.3) is 0 Å². The number of hydrogen-bond donors (Lipinski definition) is 0. The van der Waals surface area contributed by atoms with Crippen molar-refractivity contribution in [2.45, 2.75) is 19.3 Å². The lowest BCUT2D eigenvalue weighted by molar-refractivity contribution is -0.594. The Morgan fingerprint density at radius 1 is 0.759 bits per heavy atom. The Kier molecular flexibility index (Phi) is 3.66. The largest absolute Gasteiger partial charge is 0.236 e. The predicted molar refractivity (Wildman–Crippen MR) is 116 cm³/mol. The summed E-state index contributed by atoms with van der Waals surface area (Å²) in [7, 11) is 0. The maximum absolute atomic E-state index is 4.89. The first-order valence-corrected chi connectivity index (χ1v) is 10.1. The number of hydrogen-bond acceptors (Lipinski definition) is 2. The molecule has 0 fully saturated rings. The molecule has 138 valence electrons. The van der Waals surface area contributed by atoms with Gasteiger partial charge >= 0.3 is 0 Å². The minimum Gasteiger partial charge on any atom is -0.236 e. The van der Waals surface area contributed by atoms with Crippen LogP contribution in [0.3, 0.4) is 0 Å². The van der Waals surface area contributed by atoms with Gasteiger partial charge in [0.05, 0.1) is 5.52 Å². The fourth-order valence-electron chi connectivity index (χ4n) is 4.32. The summed E-state index contributed by atoms with van der Waals surface area (Å²) in [6, 6.07) is 23.6. The smallest absolute Gasteiger partial charge is 0.212 e. The Morgan fingerprint density at radius 2 is 1.66 bits per heavy atom. The Balaban J connectivity index is 1.44. The summed E-state index contributed by atoms with van der Waals surface area (Å²) >= 11 is 0. The van der Waals surface area contributed by atoms with Gasteiger partial charge < -0.3 is 0 Å². The van der Waals surface area contributed by atoms with Crippen LogP contribution in [0.5, 0.6) is 0 Å². The summed E-state index contributed by atoms with van der Waals surface area (Å²) in [6.45, 7) is 0. The van der Waals surface area contributed by atoms with Crippen molar-refractivity contribution in [3.63, 3.8) is 0 Å². The second kappa shape index (κ2) is 6.49. The number of aromatic nitrogens is 3. The van der Waals surface area contributed by atoms with E-state index in [9.17, 15) is 0 Å². The molecule has 0 bridgehead atoms. The van der Waals surface area contributed by atoms with E-state index < -0.39 is 0 Å². The molecule has 0 amide bonds. The summed E-state index contributed by atoms with van der Waals surface area (Å²) in [5.74, 6) is 0.799. The molecular formula is C26H20N3+. The first-order valence-electron chi connectivity index (χ1n) is 10.1. The minimum atomic E-state index is 0.799. The van der Waals surface area contributed by atoms with Crippen LogP contribution in [-0.4, -0.2) is 9.97 Å². The third-order valence-corrected chi connectivity index (χ3v) is 5.91. The summed E-state index contributed by atoms with van der Waals surface area (Å²) in [5.41, 5.74) is 6.10. The fourth-order valence-corrected chi connectivity index (χ4v) is 4.32. The van der Waals surface area contributed by atoms with E-state index in [0.717, 1.165) is 28.0 Å². The van der Waals surface area contributed by atoms with Crippen LogP contribution in [-0.2, 0) is 12.8 Å². The van der Waals surface area contributed by atoms with Gasteiger partial charge in [0.2, 0.25) is 5.69 Å². The zero-order valence-electron chi connectivity index (χ0n) is 16.0. The molecule has 6 rings (SSSR count). The molecule has 0 aliphatic heterocycles. The summed E-state index contributed by atoms with van der Waals surface area (Å²) in [4.78, 5) is 9.52. The highest BCUT2D eigenvalue weighted by Crippen LogP contribution is 2.27. The molecule has 0 saturated carbocycles. The molecule has 3 heteroatoms. The Bertz CT molecular complexity index is 1390. The van der Waals surface area contributed by atoms with Crippen molar-refractivity contribution < 1.29 is 4.57 Å².